The minimum absolute atomic E-state index is 0.188. The van der Waals surface area contributed by atoms with E-state index in [1.165, 1.54) is 0 Å². The lowest BCUT2D eigenvalue weighted by molar-refractivity contribution is 0.101. The first-order valence-electron chi connectivity index (χ1n) is 7.65. The van der Waals surface area contributed by atoms with Crippen LogP contribution in [0.3, 0.4) is 0 Å². The highest BCUT2D eigenvalue weighted by Crippen LogP contribution is 2.30. The molecule has 1 aromatic heterocycles. The molecule has 0 saturated heterocycles. The molecule has 0 atom stereocenters. The monoisotopic (exact) mass is 380 g/mol. The normalized spacial score (nSPS) is 10.4. The van der Waals surface area contributed by atoms with Crippen molar-refractivity contribution in [2.45, 2.75) is 27.3 Å². The SMILES string of the molecule is CCOc1ccc(OCC)c(NC(=O)c2cc(Br)cn2CC)c1. The van der Waals surface area contributed by atoms with Crippen LogP contribution >= 0.6 is 15.9 Å². The van der Waals surface area contributed by atoms with Crippen LogP contribution in [-0.2, 0) is 6.54 Å². The molecule has 2 aromatic rings. The van der Waals surface area contributed by atoms with Crippen molar-refractivity contribution in [3.8, 4) is 11.5 Å². The van der Waals surface area contributed by atoms with Crippen LogP contribution in [0.2, 0.25) is 0 Å². The molecule has 6 heteroatoms. The first-order chi connectivity index (χ1) is 11.1. The van der Waals surface area contributed by atoms with Crippen molar-refractivity contribution in [2.24, 2.45) is 0 Å². The summed E-state index contributed by atoms with van der Waals surface area (Å²) in [6.45, 7) is 7.61. The van der Waals surface area contributed by atoms with Gasteiger partial charge in [-0.05, 0) is 54.9 Å². The lowest BCUT2D eigenvalue weighted by atomic mass is 10.2. The van der Waals surface area contributed by atoms with E-state index in [1.54, 1.807) is 18.2 Å². The molecule has 0 aliphatic carbocycles. The first kappa shape index (κ1) is 17.4. The smallest absolute Gasteiger partial charge is 0.272 e. The largest absolute Gasteiger partial charge is 0.494 e. The van der Waals surface area contributed by atoms with Crippen molar-refractivity contribution in [3.63, 3.8) is 0 Å². The number of hydrogen-bond donors (Lipinski definition) is 1. The Kier molecular flexibility index (Phi) is 6.10. The van der Waals surface area contributed by atoms with Crippen LogP contribution < -0.4 is 14.8 Å². The summed E-state index contributed by atoms with van der Waals surface area (Å²) < 4.78 is 13.8. The number of aryl methyl sites for hydroxylation is 1. The van der Waals surface area contributed by atoms with E-state index >= 15 is 0 Å². The summed E-state index contributed by atoms with van der Waals surface area (Å²) in [4.78, 5) is 12.6. The maximum absolute atomic E-state index is 12.6. The van der Waals surface area contributed by atoms with Crippen molar-refractivity contribution in [1.29, 1.82) is 0 Å². The first-order valence-corrected chi connectivity index (χ1v) is 8.45. The second-order valence-corrected chi connectivity index (χ2v) is 5.72. The number of nitrogens with zero attached hydrogens (tertiary/aromatic N) is 1. The number of aromatic nitrogens is 1. The van der Waals surface area contributed by atoms with Gasteiger partial charge in [0.2, 0.25) is 0 Å². The fraction of sp³-hybridized carbons (Fsp3) is 0.353. The van der Waals surface area contributed by atoms with Crippen LogP contribution in [0.15, 0.2) is 34.9 Å². The summed E-state index contributed by atoms with van der Waals surface area (Å²) in [5.74, 6) is 1.13. The Labute approximate surface area is 144 Å². The zero-order chi connectivity index (χ0) is 16.8. The van der Waals surface area contributed by atoms with Crippen LogP contribution in [0.5, 0.6) is 11.5 Å². The Morgan fingerprint density at radius 2 is 1.91 bits per heavy atom. The number of rotatable bonds is 7. The molecule has 0 saturated carbocycles. The standard InChI is InChI=1S/C17H21BrN2O3/c1-4-20-11-12(18)9-15(20)17(21)19-14-10-13(22-5-2)7-8-16(14)23-6-3/h7-11H,4-6H2,1-3H3,(H,19,21). The highest BCUT2D eigenvalue weighted by atomic mass is 79.9. The summed E-state index contributed by atoms with van der Waals surface area (Å²) in [7, 11) is 0. The number of hydrogen-bond acceptors (Lipinski definition) is 3. The van der Waals surface area contributed by atoms with Gasteiger partial charge in [-0.2, -0.15) is 0 Å². The van der Waals surface area contributed by atoms with Crippen molar-refractivity contribution in [3.05, 3.63) is 40.6 Å². The fourth-order valence-electron chi connectivity index (χ4n) is 2.26. The lowest BCUT2D eigenvalue weighted by Crippen LogP contribution is -2.17. The van der Waals surface area contributed by atoms with Crippen LogP contribution in [0.1, 0.15) is 31.3 Å². The summed E-state index contributed by atoms with van der Waals surface area (Å²) >= 11 is 3.40. The van der Waals surface area contributed by atoms with E-state index in [4.69, 9.17) is 9.47 Å². The highest BCUT2D eigenvalue weighted by Gasteiger charge is 2.15. The van der Waals surface area contributed by atoms with Gasteiger partial charge < -0.3 is 19.4 Å². The average Bonchev–Trinajstić information content (AvgIpc) is 2.91. The second-order valence-electron chi connectivity index (χ2n) is 4.81. The molecule has 124 valence electrons. The molecule has 1 heterocycles. The Hall–Kier alpha value is -1.95. The number of anilines is 1. The Morgan fingerprint density at radius 3 is 2.57 bits per heavy atom. The lowest BCUT2D eigenvalue weighted by Gasteiger charge is -2.14. The zero-order valence-corrected chi connectivity index (χ0v) is 15.1. The maximum Gasteiger partial charge on any atom is 0.272 e. The average molecular weight is 381 g/mol. The van der Waals surface area contributed by atoms with Gasteiger partial charge in [-0.3, -0.25) is 4.79 Å². The van der Waals surface area contributed by atoms with Crippen LogP contribution in [0, 0.1) is 0 Å². The van der Waals surface area contributed by atoms with Gasteiger partial charge in [0.05, 0.1) is 18.9 Å². The van der Waals surface area contributed by atoms with Crippen LogP contribution in [-0.4, -0.2) is 23.7 Å². The predicted octanol–water partition coefficient (Wildman–Crippen LogP) is 4.32. The summed E-state index contributed by atoms with van der Waals surface area (Å²) in [5.41, 5.74) is 1.19. The second kappa shape index (κ2) is 8.06. The molecule has 0 bridgehead atoms. The van der Waals surface area contributed by atoms with Crippen LogP contribution in [0.4, 0.5) is 5.69 Å². The molecule has 1 amide bonds. The molecule has 0 spiro atoms. The van der Waals surface area contributed by atoms with E-state index in [1.807, 2.05) is 37.6 Å². The molecule has 1 aromatic carbocycles. The molecular weight excluding hydrogens is 360 g/mol. The van der Waals surface area contributed by atoms with E-state index in [9.17, 15) is 4.79 Å². The molecule has 0 unspecified atom stereocenters. The minimum atomic E-state index is -0.188. The van der Waals surface area contributed by atoms with Gasteiger partial charge in [-0.15, -0.1) is 0 Å². The summed E-state index contributed by atoms with van der Waals surface area (Å²) in [6, 6.07) is 7.21. The van der Waals surface area contributed by atoms with Gasteiger partial charge in [0, 0.05) is 23.3 Å². The molecule has 0 radical (unpaired) electrons. The molecule has 0 aliphatic heterocycles. The van der Waals surface area contributed by atoms with E-state index in [0.717, 1.165) is 4.47 Å². The fourth-order valence-corrected chi connectivity index (χ4v) is 2.72. The number of ether oxygens (including phenoxy) is 2. The number of nitrogens with one attached hydrogen (secondary N) is 1. The van der Waals surface area contributed by atoms with Crippen molar-refractivity contribution < 1.29 is 14.3 Å². The van der Waals surface area contributed by atoms with Gasteiger partial charge in [0.15, 0.2) is 0 Å². The Morgan fingerprint density at radius 1 is 1.17 bits per heavy atom. The summed E-state index contributed by atoms with van der Waals surface area (Å²) in [5, 5.41) is 2.91. The molecule has 23 heavy (non-hydrogen) atoms. The molecule has 0 aliphatic rings. The van der Waals surface area contributed by atoms with Gasteiger partial charge in [0.25, 0.3) is 5.91 Å². The molecule has 5 nitrogen and oxygen atoms in total. The van der Waals surface area contributed by atoms with Gasteiger partial charge in [-0.25, -0.2) is 0 Å². The van der Waals surface area contributed by atoms with Crippen molar-refractivity contribution >= 4 is 27.5 Å². The maximum atomic E-state index is 12.6. The highest BCUT2D eigenvalue weighted by molar-refractivity contribution is 9.10. The number of carbonyl (C=O) groups excluding carboxylic acids is 1. The Bertz CT molecular complexity index is 682. The van der Waals surface area contributed by atoms with E-state index in [2.05, 4.69) is 21.2 Å². The van der Waals surface area contributed by atoms with Crippen molar-refractivity contribution in [2.75, 3.05) is 18.5 Å². The molecule has 1 N–H and O–H groups in total. The van der Waals surface area contributed by atoms with Gasteiger partial charge >= 0.3 is 0 Å². The van der Waals surface area contributed by atoms with Gasteiger partial charge in [0.1, 0.15) is 17.2 Å². The summed E-state index contributed by atoms with van der Waals surface area (Å²) in [6.07, 6.45) is 1.88. The quantitative estimate of drug-likeness (QED) is 0.777. The molecule has 0 fully saturated rings. The minimum Gasteiger partial charge on any atom is -0.494 e. The van der Waals surface area contributed by atoms with Gasteiger partial charge in [-0.1, -0.05) is 0 Å². The van der Waals surface area contributed by atoms with E-state index in [0.29, 0.717) is 42.6 Å². The van der Waals surface area contributed by atoms with Crippen LogP contribution in [0.25, 0.3) is 0 Å². The third-order valence-corrected chi connectivity index (χ3v) is 3.68. The number of carbonyl (C=O) groups is 1. The van der Waals surface area contributed by atoms with E-state index in [-0.39, 0.29) is 5.91 Å². The number of halogens is 1. The predicted molar refractivity (Wildman–Crippen MR) is 94.5 cm³/mol. The molecular formula is C17H21BrN2O3. The number of amides is 1. The van der Waals surface area contributed by atoms with Crippen molar-refractivity contribution in [1.82, 2.24) is 4.57 Å². The molecule has 2 rings (SSSR count). The number of benzene rings is 1. The van der Waals surface area contributed by atoms with E-state index < -0.39 is 0 Å². The topological polar surface area (TPSA) is 52.5 Å². The third kappa shape index (κ3) is 4.28. The zero-order valence-electron chi connectivity index (χ0n) is 13.6. The third-order valence-electron chi connectivity index (χ3n) is 3.25. The Balaban J connectivity index is 2.29.